The Hall–Kier alpha value is -1.93. The lowest BCUT2D eigenvalue weighted by molar-refractivity contribution is 0.417. The molecule has 0 aliphatic rings. The summed E-state index contributed by atoms with van der Waals surface area (Å²) in [6.07, 6.45) is 1.47. The molecule has 0 atom stereocenters. The van der Waals surface area contributed by atoms with Gasteiger partial charge in [-0.2, -0.15) is 5.26 Å². The smallest absolute Gasteiger partial charge is 0.255 e. The highest BCUT2D eigenvalue weighted by atomic mass is 79.9. The summed E-state index contributed by atoms with van der Waals surface area (Å²) in [6, 6.07) is 6.74. The Morgan fingerprint density at radius 2 is 1.89 bits per heavy atom. The minimum absolute atomic E-state index is 0.0842. The Kier molecular flexibility index (Phi) is 3.82. The van der Waals surface area contributed by atoms with E-state index in [2.05, 4.69) is 27.0 Å². The monoisotopic (exact) mass is 320 g/mol. The zero-order valence-electron chi connectivity index (χ0n) is 10.4. The Labute approximate surface area is 118 Å². The first-order chi connectivity index (χ1) is 9.01. The van der Waals surface area contributed by atoms with E-state index in [9.17, 15) is 4.39 Å². The molecule has 0 aliphatic carbocycles. The molecule has 0 amide bonds. The van der Waals surface area contributed by atoms with Crippen LogP contribution < -0.4 is 4.74 Å². The summed E-state index contributed by atoms with van der Waals surface area (Å²) in [6.45, 7) is 3.61. The molecular weight excluding hydrogens is 311 g/mol. The van der Waals surface area contributed by atoms with Crippen molar-refractivity contribution in [1.82, 2.24) is 4.98 Å². The number of aryl methyl sites for hydroxylation is 2. The normalized spacial score (nSPS) is 10.1. The number of halogens is 2. The van der Waals surface area contributed by atoms with Crippen LogP contribution in [0.2, 0.25) is 0 Å². The summed E-state index contributed by atoms with van der Waals surface area (Å²) >= 11 is 3.14. The predicted molar refractivity (Wildman–Crippen MR) is 72.6 cm³/mol. The first-order valence-electron chi connectivity index (χ1n) is 5.51. The van der Waals surface area contributed by atoms with Gasteiger partial charge < -0.3 is 4.74 Å². The minimum atomic E-state index is -0.544. The first-order valence-corrected chi connectivity index (χ1v) is 6.31. The third-order valence-electron chi connectivity index (χ3n) is 2.56. The van der Waals surface area contributed by atoms with Crippen LogP contribution in [-0.4, -0.2) is 4.98 Å². The summed E-state index contributed by atoms with van der Waals surface area (Å²) in [5.74, 6) is -0.107. The molecule has 0 spiro atoms. The van der Waals surface area contributed by atoms with Gasteiger partial charge in [0, 0.05) is 10.7 Å². The van der Waals surface area contributed by atoms with Crippen molar-refractivity contribution in [2.75, 3.05) is 0 Å². The average Bonchev–Trinajstić information content (AvgIpc) is 2.35. The molecular formula is C14H10BrFN2O. The molecule has 2 rings (SSSR count). The summed E-state index contributed by atoms with van der Waals surface area (Å²) < 4.78 is 19.7. The molecule has 0 unspecified atom stereocenters. The van der Waals surface area contributed by atoms with Gasteiger partial charge >= 0.3 is 0 Å². The van der Waals surface area contributed by atoms with Crippen molar-refractivity contribution in [2.45, 2.75) is 13.8 Å². The summed E-state index contributed by atoms with van der Waals surface area (Å²) in [5.41, 5.74) is 2.08. The van der Waals surface area contributed by atoms with Gasteiger partial charge in [0.25, 0.3) is 5.88 Å². The second-order valence-electron chi connectivity index (χ2n) is 4.09. The summed E-state index contributed by atoms with van der Waals surface area (Å²) in [5, 5.41) is 8.87. The number of hydrogen-bond acceptors (Lipinski definition) is 3. The lowest BCUT2D eigenvalue weighted by atomic mass is 10.1. The zero-order chi connectivity index (χ0) is 14.0. The van der Waals surface area contributed by atoms with Crippen molar-refractivity contribution < 1.29 is 9.13 Å². The van der Waals surface area contributed by atoms with Crippen LogP contribution in [0.3, 0.4) is 0 Å². The lowest BCUT2D eigenvalue weighted by Gasteiger charge is -2.11. The van der Waals surface area contributed by atoms with E-state index >= 15 is 0 Å². The number of rotatable bonds is 2. The number of benzene rings is 1. The van der Waals surface area contributed by atoms with E-state index in [0.717, 1.165) is 11.1 Å². The van der Waals surface area contributed by atoms with E-state index < -0.39 is 5.82 Å². The fourth-order valence-electron chi connectivity index (χ4n) is 1.75. The zero-order valence-corrected chi connectivity index (χ0v) is 12.0. The number of aromatic nitrogens is 1. The third-order valence-corrected chi connectivity index (χ3v) is 3.00. The van der Waals surface area contributed by atoms with Crippen molar-refractivity contribution in [3.63, 3.8) is 0 Å². The van der Waals surface area contributed by atoms with Gasteiger partial charge in [0.05, 0.1) is 11.6 Å². The predicted octanol–water partition coefficient (Wildman–Crippen LogP) is 4.26. The highest BCUT2D eigenvalue weighted by molar-refractivity contribution is 9.10. The van der Waals surface area contributed by atoms with Crippen molar-refractivity contribution in [3.05, 3.63) is 51.4 Å². The molecule has 0 aliphatic heterocycles. The molecule has 1 aromatic carbocycles. The number of nitriles is 1. The molecule has 0 saturated carbocycles. The largest absolute Gasteiger partial charge is 0.436 e. The quantitative estimate of drug-likeness (QED) is 0.830. The number of hydrogen-bond donors (Lipinski definition) is 0. The topological polar surface area (TPSA) is 45.9 Å². The highest BCUT2D eigenvalue weighted by Crippen LogP contribution is 2.30. The van der Waals surface area contributed by atoms with Crippen LogP contribution in [0, 0.1) is 31.0 Å². The molecule has 3 nitrogen and oxygen atoms in total. The van der Waals surface area contributed by atoms with Crippen LogP contribution in [-0.2, 0) is 0 Å². The van der Waals surface area contributed by atoms with Crippen molar-refractivity contribution >= 4 is 15.9 Å². The molecule has 0 fully saturated rings. The fraction of sp³-hybridized carbons (Fsp3) is 0.143. The fourth-order valence-corrected chi connectivity index (χ4v) is 2.05. The van der Waals surface area contributed by atoms with Gasteiger partial charge in [-0.15, -0.1) is 0 Å². The van der Waals surface area contributed by atoms with Gasteiger partial charge in [-0.05, 0) is 59.1 Å². The maximum Gasteiger partial charge on any atom is 0.255 e. The Balaban J connectivity index is 2.41. The first kappa shape index (κ1) is 13.5. The van der Waals surface area contributed by atoms with Crippen LogP contribution in [0.5, 0.6) is 11.6 Å². The van der Waals surface area contributed by atoms with Gasteiger partial charge in [0.15, 0.2) is 5.82 Å². The average molecular weight is 321 g/mol. The SMILES string of the molecule is Cc1cc(C#N)cc(C)c1Oc1ncc(Br)cc1F. The Bertz CT molecular complexity index is 657. The molecule has 5 heteroatoms. The molecule has 0 bridgehead atoms. The molecule has 0 N–H and O–H groups in total. The number of pyridine rings is 1. The molecule has 19 heavy (non-hydrogen) atoms. The van der Waals surface area contributed by atoms with Crippen LogP contribution in [0.25, 0.3) is 0 Å². The minimum Gasteiger partial charge on any atom is -0.436 e. The molecule has 1 heterocycles. The van der Waals surface area contributed by atoms with Crippen LogP contribution in [0.15, 0.2) is 28.9 Å². The molecule has 2 aromatic rings. The number of nitrogens with zero attached hydrogens (tertiary/aromatic N) is 2. The van der Waals surface area contributed by atoms with E-state index in [0.29, 0.717) is 15.8 Å². The van der Waals surface area contributed by atoms with E-state index in [4.69, 9.17) is 10.00 Å². The van der Waals surface area contributed by atoms with Crippen molar-refractivity contribution in [2.24, 2.45) is 0 Å². The maximum absolute atomic E-state index is 13.7. The third kappa shape index (κ3) is 2.91. The molecule has 96 valence electrons. The van der Waals surface area contributed by atoms with Crippen molar-refractivity contribution in [3.8, 4) is 17.7 Å². The summed E-state index contributed by atoms with van der Waals surface area (Å²) in [4.78, 5) is 3.89. The van der Waals surface area contributed by atoms with Gasteiger partial charge in [-0.1, -0.05) is 0 Å². The van der Waals surface area contributed by atoms with Crippen LogP contribution in [0.1, 0.15) is 16.7 Å². The summed E-state index contributed by atoms with van der Waals surface area (Å²) in [7, 11) is 0. The second-order valence-corrected chi connectivity index (χ2v) is 5.01. The van der Waals surface area contributed by atoms with Gasteiger partial charge in [-0.3, -0.25) is 0 Å². The number of ether oxygens (including phenoxy) is 1. The van der Waals surface area contributed by atoms with Gasteiger partial charge in [0.2, 0.25) is 0 Å². The van der Waals surface area contributed by atoms with Gasteiger partial charge in [-0.25, -0.2) is 9.37 Å². The van der Waals surface area contributed by atoms with Crippen molar-refractivity contribution in [1.29, 1.82) is 5.26 Å². The van der Waals surface area contributed by atoms with E-state index in [1.165, 1.54) is 12.3 Å². The van der Waals surface area contributed by atoms with Gasteiger partial charge in [0.1, 0.15) is 5.75 Å². The lowest BCUT2D eigenvalue weighted by Crippen LogP contribution is -1.96. The molecule has 0 radical (unpaired) electrons. The molecule has 1 aromatic heterocycles. The second kappa shape index (κ2) is 5.37. The van der Waals surface area contributed by atoms with Crippen LogP contribution >= 0.6 is 15.9 Å². The van der Waals surface area contributed by atoms with E-state index in [1.54, 1.807) is 26.0 Å². The maximum atomic E-state index is 13.7. The Morgan fingerprint density at radius 3 is 2.42 bits per heavy atom. The van der Waals surface area contributed by atoms with E-state index in [-0.39, 0.29) is 5.88 Å². The standard InChI is InChI=1S/C14H10BrFN2O/c1-8-3-10(6-17)4-9(2)13(8)19-14-12(16)5-11(15)7-18-14/h3-5,7H,1-2H3. The highest BCUT2D eigenvalue weighted by Gasteiger charge is 2.12. The van der Waals surface area contributed by atoms with E-state index in [1.807, 2.05) is 0 Å². The molecule has 0 saturated heterocycles. The Morgan fingerprint density at radius 1 is 1.26 bits per heavy atom. The van der Waals surface area contributed by atoms with Crippen LogP contribution in [0.4, 0.5) is 4.39 Å².